The lowest BCUT2D eigenvalue weighted by molar-refractivity contribution is 0.589. The summed E-state index contributed by atoms with van der Waals surface area (Å²) in [5.74, 6) is 0.514. The van der Waals surface area contributed by atoms with E-state index in [1.807, 2.05) is 24.5 Å². The summed E-state index contributed by atoms with van der Waals surface area (Å²) in [4.78, 5) is 5.83. The van der Waals surface area contributed by atoms with Crippen LogP contribution in [0.3, 0.4) is 0 Å². The first kappa shape index (κ1) is 16.8. The van der Waals surface area contributed by atoms with E-state index in [4.69, 9.17) is 4.42 Å². The second-order valence-corrected chi connectivity index (χ2v) is 8.35. The summed E-state index contributed by atoms with van der Waals surface area (Å²) in [7, 11) is -3.24. The molecule has 0 aliphatic rings. The average Bonchev–Trinajstić information content (AvgIpc) is 3.02. The van der Waals surface area contributed by atoms with Gasteiger partial charge >= 0.3 is 0 Å². The Hall–Kier alpha value is -2.05. The maximum atomic E-state index is 11.9. The van der Waals surface area contributed by atoms with Crippen molar-refractivity contribution in [2.75, 3.05) is 12.0 Å². The van der Waals surface area contributed by atoms with E-state index in [0.717, 1.165) is 5.56 Å². The summed E-state index contributed by atoms with van der Waals surface area (Å²) in [6.45, 7) is 1.62. The Balaban J connectivity index is 1.88. The molecule has 0 saturated heterocycles. The topological polar surface area (TPSA) is 60.2 Å². The molecule has 0 aliphatic carbocycles. The number of sulfone groups is 1. The Morgan fingerprint density at radius 2 is 1.88 bits per heavy atom. The van der Waals surface area contributed by atoms with E-state index in [2.05, 4.69) is 17.1 Å². The molecule has 0 amide bonds. The van der Waals surface area contributed by atoms with Crippen molar-refractivity contribution in [3.63, 3.8) is 0 Å². The predicted octanol–water partition coefficient (Wildman–Crippen LogP) is 4.51. The molecule has 124 valence electrons. The third-order valence-corrected chi connectivity index (χ3v) is 6.12. The van der Waals surface area contributed by atoms with Crippen LogP contribution in [-0.2, 0) is 9.84 Å². The molecule has 3 aromatic rings. The minimum Gasteiger partial charge on any atom is -0.437 e. The van der Waals surface area contributed by atoms with Crippen LogP contribution in [0.2, 0.25) is 0 Å². The van der Waals surface area contributed by atoms with Crippen LogP contribution in [0.4, 0.5) is 0 Å². The number of hydrogen-bond acceptors (Lipinski definition) is 5. The Morgan fingerprint density at radius 1 is 1.12 bits per heavy atom. The molecular weight excluding hydrogens is 342 g/mol. The number of benzene rings is 2. The van der Waals surface area contributed by atoms with Crippen LogP contribution in [0.1, 0.15) is 18.4 Å². The molecule has 0 atom stereocenters. The lowest BCUT2D eigenvalue weighted by Gasteiger charge is -1.99. The highest BCUT2D eigenvalue weighted by Gasteiger charge is 2.13. The molecule has 1 aromatic heterocycles. The van der Waals surface area contributed by atoms with Gasteiger partial charge in [0.25, 0.3) is 0 Å². The summed E-state index contributed by atoms with van der Waals surface area (Å²) in [6, 6.07) is 12.9. The van der Waals surface area contributed by atoms with Crippen LogP contribution < -0.4 is 0 Å². The van der Waals surface area contributed by atoms with E-state index in [1.165, 1.54) is 4.90 Å². The molecule has 0 unspecified atom stereocenters. The van der Waals surface area contributed by atoms with Gasteiger partial charge in [0.2, 0.25) is 5.89 Å². The summed E-state index contributed by atoms with van der Waals surface area (Å²) in [5.41, 5.74) is 2.16. The van der Waals surface area contributed by atoms with Crippen molar-refractivity contribution in [1.29, 1.82) is 0 Å². The number of oxazole rings is 1. The van der Waals surface area contributed by atoms with Crippen LogP contribution >= 0.6 is 11.8 Å². The lowest BCUT2D eigenvalue weighted by Crippen LogP contribution is -2.03. The van der Waals surface area contributed by atoms with Crippen LogP contribution in [0.15, 0.2) is 56.7 Å². The zero-order chi connectivity index (χ0) is 17.2. The monoisotopic (exact) mass is 359 g/mol. The number of nitrogens with zero attached hydrogens (tertiary/aromatic N) is 1. The Kier molecular flexibility index (Phi) is 4.78. The van der Waals surface area contributed by atoms with Gasteiger partial charge in [-0.05, 0) is 48.2 Å². The van der Waals surface area contributed by atoms with E-state index in [1.54, 1.807) is 43.0 Å². The molecule has 0 bridgehead atoms. The molecular formula is C18H17NO3S2. The highest BCUT2D eigenvalue weighted by Crippen LogP contribution is 2.22. The molecule has 4 nitrogen and oxygen atoms in total. The fraction of sp³-hybridized carbons (Fsp3) is 0.167. The predicted molar refractivity (Wildman–Crippen MR) is 98.9 cm³/mol. The van der Waals surface area contributed by atoms with Gasteiger partial charge in [-0.3, -0.25) is 0 Å². The molecule has 0 radical (unpaired) electrons. The minimum atomic E-state index is -3.24. The molecule has 0 saturated carbocycles. The van der Waals surface area contributed by atoms with Gasteiger partial charge in [0.15, 0.2) is 15.4 Å². The Bertz CT molecular complexity index is 987. The molecule has 1 heterocycles. The fourth-order valence-electron chi connectivity index (χ4n) is 2.24. The van der Waals surface area contributed by atoms with Crippen molar-refractivity contribution in [1.82, 2.24) is 4.98 Å². The van der Waals surface area contributed by atoms with Crippen LogP contribution in [0, 0.1) is 0 Å². The zero-order valence-electron chi connectivity index (χ0n) is 13.4. The SMILES string of the molecule is CCS(=O)(=O)c1ccc2oc(/C=C/c3ccc(SC)cc3)nc2c1. The van der Waals surface area contributed by atoms with Crippen molar-refractivity contribution in [3.05, 3.63) is 53.9 Å². The standard InChI is InChI=1S/C18H17NO3S2/c1-3-24(20,21)15-9-10-17-16(12-15)19-18(22-17)11-6-13-4-7-14(23-2)8-5-13/h4-12H,3H2,1-2H3/b11-6+. The van der Waals surface area contributed by atoms with E-state index >= 15 is 0 Å². The fourth-order valence-corrected chi connectivity index (χ4v) is 3.55. The minimum absolute atomic E-state index is 0.0646. The van der Waals surface area contributed by atoms with E-state index in [9.17, 15) is 8.42 Å². The van der Waals surface area contributed by atoms with Gasteiger partial charge in [-0.2, -0.15) is 0 Å². The van der Waals surface area contributed by atoms with Crippen LogP contribution in [0.25, 0.3) is 23.3 Å². The van der Waals surface area contributed by atoms with Crippen molar-refractivity contribution < 1.29 is 12.8 Å². The molecule has 3 rings (SSSR count). The quantitative estimate of drug-likeness (QED) is 0.627. The van der Waals surface area contributed by atoms with Gasteiger partial charge in [-0.15, -0.1) is 11.8 Å². The van der Waals surface area contributed by atoms with Gasteiger partial charge in [0.1, 0.15) is 5.52 Å². The highest BCUT2D eigenvalue weighted by atomic mass is 32.2. The highest BCUT2D eigenvalue weighted by molar-refractivity contribution is 7.98. The van der Waals surface area contributed by atoms with E-state index < -0.39 is 9.84 Å². The third kappa shape index (κ3) is 3.55. The lowest BCUT2D eigenvalue weighted by atomic mass is 10.2. The van der Waals surface area contributed by atoms with Crippen molar-refractivity contribution >= 4 is 44.9 Å². The van der Waals surface area contributed by atoms with Crippen LogP contribution in [-0.4, -0.2) is 25.4 Å². The number of rotatable bonds is 5. The normalized spacial score (nSPS) is 12.2. The van der Waals surface area contributed by atoms with Crippen molar-refractivity contribution in [2.45, 2.75) is 16.7 Å². The molecule has 0 fully saturated rings. The van der Waals surface area contributed by atoms with Crippen molar-refractivity contribution in [2.24, 2.45) is 0 Å². The average molecular weight is 359 g/mol. The van der Waals surface area contributed by atoms with Gasteiger partial charge in [-0.25, -0.2) is 13.4 Å². The third-order valence-electron chi connectivity index (χ3n) is 3.65. The summed E-state index contributed by atoms with van der Waals surface area (Å²) in [6.07, 6.45) is 5.73. The number of thioether (sulfide) groups is 1. The van der Waals surface area contributed by atoms with Crippen molar-refractivity contribution in [3.8, 4) is 0 Å². The Morgan fingerprint density at radius 3 is 2.54 bits per heavy atom. The first-order chi connectivity index (χ1) is 11.5. The Labute approximate surface area is 145 Å². The molecule has 0 N–H and O–H groups in total. The van der Waals surface area contributed by atoms with Gasteiger partial charge in [0.05, 0.1) is 10.6 Å². The largest absolute Gasteiger partial charge is 0.437 e. The van der Waals surface area contributed by atoms with Crippen LogP contribution in [0.5, 0.6) is 0 Å². The number of fused-ring (bicyclic) bond motifs is 1. The molecule has 2 aromatic carbocycles. The first-order valence-electron chi connectivity index (χ1n) is 7.47. The van der Waals surface area contributed by atoms with Gasteiger partial charge < -0.3 is 4.42 Å². The molecule has 6 heteroatoms. The van der Waals surface area contributed by atoms with Gasteiger partial charge in [0, 0.05) is 11.0 Å². The summed E-state index contributed by atoms with van der Waals surface area (Å²) >= 11 is 1.70. The second kappa shape index (κ2) is 6.83. The molecule has 24 heavy (non-hydrogen) atoms. The smallest absolute Gasteiger partial charge is 0.220 e. The second-order valence-electron chi connectivity index (χ2n) is 5.19. The van der Waals surface area contributed by atoms with E-state index in [0.29, 0.717) is 17.0 Å². The zero-order valence-corrected chi connectivity index (χ0v) is 15.0. The molecule has 0 spiro atoms. The number of hydrogen-bond donors (Lipinski definition) is 0. The van der Waals surface area contributed by atoms with Gasteiger partial charge in [-0.1, -0.05) is 19.1 Å². The van der Waals surface area contributed by atoms with E-state index in [-0.39, 0.29) is 10.6 Å². The first-order valence-corrected chi connectivity index (χ1v) is 10.3. The number of aromatic nitrogens is 1. The maximum absolute atomic E-state index is 11.9. The molecule has 0 aliphatic heterocycles. The maximum Gasteiger partial charge on any atom is 0.220 e. The summed E-state index contributed by atoms with van der Waals surface area (Å²) < 4.78 is 29.5. The summed E-state index contributed by atoms with van der Waals surface area (Å²) in [5, 5.41) is 0.